The predicted molar refractivity (Wildman–Crippen MR) is 56.4 cm³/mol. The Labute approximate surface area is 97.4 Å². The molecule has 0 aliphatic carbocycles. The minimum absolute atomic E-state index is 0.0484. The van der Waals surface area contributed by atoms with Crippen molar-refractivity contribution in [1.29, 1.82) is 0 Å². The molecule has 98 valence electrons. The van der Waals surface area contributed by atoms with Crippen molar-refractivity contribution >= 4 is 0 Å². The number of aliphatic hydroxyl groups excluding tert-OH is 1. The third kappa shape index (κ3) is 4.74. The first kappa shape index (κ1) is 14.0. The summed E-state index contributed by atoms with van der Waals surface area (Å²) in [6, 6.07) is 0.895. The molecule has 0 saturated heterocycles. The summed E-state index contributed by atoms with van der Waals surface area (Å²) in [5.74, 6) is 0. The highest BCUT2D eigenvalue weighted by molar-refractivity contribution is 5.03. The van der Waals surface area contributed by atoms with Gasteiger partial charge in [0, 0.05) is 12.7 Å². The van der Waals surface area contributed by atoms with E-state index in [4.69, 9.17) is 0 Å². The van der Waals surface area contributed by atoms with Crippen LogP contribution in [0.15, 0.2) is 12.3 Å². The first-order valence-electron chi connectivity index (χ1n) is 5.43. The fourth-order valence-electron chi connectivity index (χ4n) is 1.34. The molecule has 0 fully saturated rings. The van der Waals surface area contributed by atoms with Crippen molar-refractivity contribution in [1.82, 2.24) is 15.1 Å². The van der Waals surface area contributed by atoms with Gasteiger partial charge in [-0.1, -0.05) is 6.92 Å². The summed E-state index contributed by atoms with van der Waals surface area (Å²) in [5, 5.41) is 15.9. The van der Waals surface area contributed by atoms with E-state index >= 15 is 0 Å². The monoisotopic (exact) mass is 251 g/mol. The molecule has 0 radical (unpaired) electrons. The van der Waals surface area contributed by atoms with Crippen molar-refractivity contribution < 1.29 is 18.3 Å². The molecule has 4 nitrogen and oxygen atoms in total. The lowest BCUT2D eigenvalue weighted by molar-refractivity contribution is -0.141. The second-order valence-corrected chi connectivity index (χ2v) is 3.78. The average Bonchev–Trinajstić information content (AvgIpc) is 2.66. The summed E-state index contributed by atoms with van der Waals surface area (Å²) in [7, 11) is 0. The van der Waals surface area contributed by atoms with Crippen molar-refractivity contribution in [2.75, 3.05) is 13.1 Å². The van der Waals surface area contributed by atoms with Crippen molar-refractivity contribution in [2.45, 2.75) is 32.2 Å². The zero-order valence-corrected chi connectivity index (χ0v) is 9.54. The summed E-state index contributed by atoms with van der Waals surface area (Å²) in [6.07, 6.45) is -3.03. The first-order chi connectivity index (χ1) is 7.93. The normalized spacial score (nSPS) is 13.9. The highest BCUT2D eigenvalue weighted by atomic mass is 19.4. The van der Waals surface area contributed by atoms with Gasteiger partial charge in [0.1, 0.15) is 0 Å². The number of aliphatic hydroxyl groups is 1. The van der Waals surface area contributed by atoms with Crippen molar-refractivity contribution in [3.63, 3.8) is 0 Å². The summed E-state index contributed by atoms with van der Waals surface area (Å²) >= 11 is 0. The lowest BCUT2D eigenvalue weighted by Crippen LogP contribution is -2.31. The van der Waals surface area contributed by atoms with E-state index < -0.39 is 18.0 Å². The number of nitrogens with one attached hydrogen (secondary N) is 1. The van der Waals surface area contributed by atoms with E-state index in [1.54, 1.807) is 0 Å². The van der Waals surface area contributed by atoms with Gasteiger partial charge in [-0.3, -0.25) is 4.68 Å². The van der Waals surface area contributed by atoms with E-state index in [0.29, 0.717) is 6.54 Å². The summed E-state index contributed by atoms with van der Waals surface area (Å²) in [4.78, 5) is 0. The molecule has 0 aliphatic rings. The van der Waals surface area contributed by atoms with Gasteiger partial charge in [0.2, 0.25) is 0 Å². The summed E-state index contributed by atoms with van der Waals surface area (Å²) in [6.45, 7) is 3.15. The second kappa shape index (κ2) is 6.02. The van der Waals surface area contributed by atoms with Crippen LogP contribution in [0.25, 0.3) is 0 Å². The molecule has 1 aromatic rings. The molecule has 0 aliphatic heterocycles. The Morgan fingerprint density at radius 2 is 2.24 bits per heavy atom. The van der Waals surface area contributed by atoms with E-state index in [1.807, 2.05) is 6.92 Å². The minimum atomic E-state index is -4.43. The van der Waals surface area contributed by atoms with Crippen LogP contribution in [0.4, 0.5) is 13.2 Å². The number of halogens is 3. The summed E-state index contributed by atoms with van der Waals surface area (Å²) in [5.41, 5.74) is -0.939. The topological polar surface area (TPSA) is 50.1 Å². The number of aromatic nitrogens is 2. The van der Waals surface area contributed by atoms with Crippen LogP contribution in [0.1, 0.15) is 19.0 Å². The molecule has 1 unspecified atom stereocenters. The van der Waals surface area contributed by atoms with Crippen LogP contribution in [-0.4, -0.2) is 34.1 Å². The van der Waals surface area contributed by atoms with Crippen LogP contribution in [0.3, 0.4) is 0 Å². The van der Waals surface area contributed by atoms with E-state index in [-0.39, 0.29) is 6.54 Å². The Morgan fingerprint density at radius 3 is 2.76 bits per heavy atom. The minimum Gasteiger partial charge on any atom is -0.390 e. The van der Waals surface area contributed by atoms with Gasteiger partial charge in [0.05, 0.1) is 12.6 Å². The third-order valence-corrected chi connectivity index (χ3v) is 2.14. The lowest BCUT2D eigenvalue weighted by Gasteiger charge is -2.11. The Hall–Kier alpha value is -1.08. The fraction of sp³-hybridized carbons (Fsp3) is 0.700. The van der Waals surface area contributed by atoms with Crippen molar-refractivity contribution in [2.24, 2.45) is 0 Å². The standard InChI is InChI=1S/C10H16F3N3O/c1-2-4-14-6-8(17)7-16-5-3-9(15-16)10(11,12)13/h3,5,8,14,17H,2,4,6-7H2,1H3. The molecule has 0 spiro atoms. The van der Waals surface area contributed by atoms with Gasteiger partial charge < -0.3 is 10.4 Å². The SMILES string of the molecule is CCCNCC(O)Cn1ccc(C(F)(F)F)n1. The van der Waals surface area contributed by atoms with Crippen molar-refractivity contribution in [3.05, 3.63) is 18.0 Å². The predicted octanol–water partition coefficient (Wildman–Crippen LogP) is 1.26. The number of rotatable bonds is 6. The highest BCUT2D eigenvalue weighted by Crippen LogP contribution is 2.27. The Balaban J connectivity index is 2.43. The Morgan fingerprint density at radius 1 is 1.53 bits per heavy atom. The molecule has 0 bridgehead atoms. The van der Waals surface area contributed by atoms with E-state index in [9.17, 15) is 18.3 Å². The van der Waals surface area contributed by atoms with Gasteiger partial charge in [0.15, 0.2) is 5.69 Å². The number of alkyl halides is 3. The van der Waals surface area contributed by atoms with Gasteiger partial charge in [-0.15, -0.1) is 0 Å². The van der Waals surface area contributed by atoms with Crippen LogP contribution < -0.4 is 5.32 Å². The van der Waals surface area contributed by atoms with E-state index in [2.05, 4.69) is 10.4 Å². The molecule has 0 aromatic carbocycles. The molecule has 1 atom stereocenters. The van der Waals surface area contributed by atoms with Gasteiger partial charge in [-0.2, -0.15) is 18.3 Å². The molecule has 0 saturated carbocycles. The quantitative estimate of drug-likeness (QED) is 0.748. The molecule has 7 heteroatoms. The zero-order valence-electron chi connectivity index (χ0n) is 9.54. The average molecular weight is 251 g/mol. The molecule has 1 heterocycles. The number of hydrogen-bond acceptors (Lipinski definition) is 3. The molecule has 1 aromatic heterocycles. The van der Waals surface area contributed by atoms with Crippen LogP contribution >= 0.6 is 0 Å². The maximum Gasteiger partial charge on any atom is 0.435 e. The lowest BCUT2D eigenvalue weighted by atomic mass is 10.3. The molecular weight excluding hydrogens is 235 g/mol. The molecular formula is C10H16F3N3O. The van der Waals surface area contributed by atoms with Crippen LogP contribution in [0, 0.1) is 0 Å². The van der Waals surface area contributed by atoms with Crippen molar-refractivity contribution in [3.8, 4) is 0 Å². The van der Waals surface area contributed by atoms with Gasteiger partial charge in [-0.05, 0) is 19.0 Å². The molecule has 0 amide bonds. The van der Waals surface area contributed by atoms with Gasteiger partial charge in [-0.25, -0.2) is 0 Å². The highest BCUT2D eigenvalue weighted by Gasteiger charge is 2.33. The number of hydrogen-bond donors (Lipinski definition) is 2. The van der Waals surface area contributed by atoms with Crippen LogP contribution in [0.5, 0.6) is 0 Å². The van der Waals surface area contributed by atoms with E-state index in [1.165, 1.54) is 6.20 Å². The zero-order chi connectivity index (χ0) is 12.9. The largest absolute Gasteiger partial charge is 0.435 e. The molecule has 1 rings (SSSR count). The second-order valence-electron chi connectivity index (χ2n) is 3.78. The smallest absolute Gasteiger partial charge is 0.390 e. The van der Waals surface area contributed by atoms with Crippen LogP contribution in [0.2, 0.25) is 0 Å². The summed E-state index contributed by atoms with van der Waals surface area (Å²) < 4.78 is 37.8. The Kier molecular flexibility index (Phi) is 4.95. The third-order valence-electron chi connectivity index (χ3n) is 2.14. The first-order valence-corrected chi connectivity index (χ1v) is 5.43. The molecule has 17 heavy (non-hydrogen) atoms. The molecule has 2 N–H and O–H groups in total. The Bertz CT molecular complexity index is 338. The maximum absolute atomic E-state index is 12.2. The maximum atomic E-state index is 12.2. The number of nitrogens with zero attached hydrogens (tertiary/aromatic N) is 2. The fourth-order valence-corrected chi connectivity index (χ4v) is 1.34. The van der Waals surface area contributed by atoms with E-state index in [0.717, 1.165) is 23.7 Å². The van der Waals surface area contributed by atoms with Gasteiger partial charge in [0.25, 0.3) is 0 Å². The van der Waals surface area contributed by atoms with Gasteiger partial charge >= 0.3 is 6.18 Å². The van der Waals surface area contributed by atoms with Crippen LogP contribution in [-0.2, 0) is 12.7 Å².